The van der Waals surface area contributed by atoms with E-state index < -0.39 is 13.3 Å². The van der Waals surface area contributed by atoms with Crippen molar-refractivity contribution in [3.63, 3.8) is 0 Å². The monoisotopic (exact) mass is 1060 g/mol. The van der Waals surface area contributed by atoms with Crippen LogP contribution in [0.15, 0.2) is 132 Å². The molecule has 4 heterocycles. The number of fused-ring (bicyclic) bond motifs is 4. The Morgan fingerprint density at radius 3 is 2.10 bits per heavy atom. The molecule has 0 N–H and O–H groups in total. The second kappa shape index (κ2) is 18.7. The molecule has 0 aliphatic carbocycles. The average Bonchev–Trinajstić information content (AvgIpc) is 3.83. The van der Waals surface area contributed by atoms with Crippen molar-refractivity contribution in [2.75, 3.05) is 0 Å². The van der Waals surface area contributed by atoms with Crippen LogP contribution in [-0.2, 0) is 26.5 Å². The minimum atomic E-state index is -1.86. The van der Waals surface area contributed by atoms with Gasteiger partial charge in [0.15, 0.2) is 0 Å². The van der Waals surface area contributed by atoms with Crippen LogP contribution in [0, 0.1) is 25.0 Å². The fraction of sp³-hybridized carbons (Fsp3) is 0.255. The number of benzene rings is 5. The fourth-order valence-electron chi connectivity index (χ4n) is 8.47. The van der Waals surface area contributed by atoms with E-state index in [9.17, 15) is 0 Å². The molecular weight excluding hydrogens is 997 g/mol. The maximum atomic E-state index is 6.49. The van der Waals surface area contributed by atoms with Gasteiger partial charge in [-0.15, -0.1) is 17.7 Å². The number of aryl methyl sites for hydroxylation is 1. The zero-order chi connectivity index (χ0) is 43.0. The van der Waals surface area contributed by atoms with Gasteiger partial charge < -0.3 is 8.98 Å². The molecule has 1 radical (unpaired) electrons. The van der Waals surface area contributed by atoms with E-state index in [-0.39, 0.29) is 31.9 Å². The van der Waals surface area contributed by atoms with Crippen molar-refractivity contribution in [3.05, 3.63) is 162 Å². The summed E-state index contributed by atoms with van der Waals surface area (Å²) in [5.41, 5.74) is 16.2. The van der Waals surface area contributed by atoms with Crippen LogP contribution >= 0.6 is 0 Å². The van der Waals surface area contributed by atoms with E-state index in [1.807, 2.05) is 48.7 Å². The van der Waals surface area contributed by atoms with Gasteiger partial charge in [0, 0.05) is 32.0 Å². The summed E-state index contributed by atoms with van der Waals surface area (Å²) < 4.78 is 10.4. The van der Waals surface area contributed by atoms with Gasteiger partial charge in [0.25, 0.3) is 0 Å². The van der Waals surface area contributed by atoms with Crippen molar-refractivity contribution < 1.29 is 24.5 Å². The fourth-order valence-corrected chi connectivity index (χ4v) is 11.8. The third-order valence-corrected chi connectivity index (χ3v) is 15.8. The van der Waals surface area contributed by atoms with E-state index in [0.717, 1.165) is 67.7 Å². The Bertz CT molecular complexity index is 2950. The number of rotatable bonds is 9. The summed E-state index contributed by atoms with van der Waals surface area (Å²) in [6.45, 7) is 15.8. The number of para-hydroxylation sites is 2. The first-order chi connectivity index (χ1) is 29.3. The zero-order valence-electron chi connectivity index (χ0n) is 37.6. The summed E-state index contributed by atoms with van der Waals surface area (Å²) >= 11 is -1.86. The molecule has 62 heavy (non-hydrogen) atoms. The number of hydrogen-bond acceptors (Lipinski definition) is 4. The number of imidazole rings is 1. The summed E-state index contributed by atoms with van der Waals surface area (Å²) in [5, 5.41) is 1.01. The van der Waals surface area contributed by atoms with Crippen LogP contribution in [0.3, 0.4) is 0 Å². The van der Waals surface area contributed by atoms with E-state index in [1.54, 1.807) is 4.40 Å². The quantitative estimate of drug-likeness (QED) is 0.107. The Morgan fingerprint density at radius 1 is 0.742 bits per heavy atom. The topological polar surface area (TPSA) is 56.7 Å². The van der Waals surface area contributed by atoms with Crippen molar-refractivity contribution in [2.45, 2.75) is 84.0 Å². The third kappa shape index (κ3) is 9.02. The van der Waals surface area contributed by atoms with Crippen molar-refractivity contribution in [1.29, 1.82) is 0 Å². The van der Waals surface area contributed by atoms with Gasteiger partial charge in [-0.25, -0.2) is 0 Å². The predicted octanol–water partition coefficient (Wildman–Crippen LogP) is 14.3. The summed E-state index contributed by atoms with van der Waals surface area (Å²) in [7, 11) is 0. The molecule has 5 nitrogen and oxygen atoms in total. The van der Waals surface area contributed by atoms with E-state index in [2.05, 4.69) is 166 Å². The number of furan rings is 1. The number of nitrogens with zero attached hydrogens (tertiary/aromatic N) is 4. The molecule has 0 bridgehead atoms. The van der Waals surface area contributed by atoms with Gasteiger partial charge in [-0.2, -0.15) is 0 Å². The molecule has 0 atom stereocenters. The van der Waals surface area contributed by atoms with Gasteiger partial charge in [-0.05, 0) is 75.9 Å². The summed E-state index contributed by atoms with van der Waals surface area (Å²) in [6.07, 6.45) is 5.09. The van der Waals surface area contributed by atoms with Crippen molar-refractivity contribution in [2.24, 2.45) is 5.92 Å². The molecule has 0 saturated heterocycles. The van der Waals surface area contributed by atoms with Gasteiger partial charge in [0.1, 0.15) is 5.58 Å². The molecule has 0 spiro atoms. The molecule has 0 aliphatic rings. The van der Waals surface area contributed by atoms with Gasteiger partial charge in [0.05, 0.1) is 28.0 Å². The van der Waals surface area contributed by atoms with Gasteiger partial charge in [-0.1, -0.05) is 82.6 Å². The molecule has 5 aromatic carbocycles. The standard InChI is InChI=1S/C37H32N3O.C18H24GeN.Ir/c1-22(2)28-20-26(25-12-7-6-8-13-25)21-29(23(3)4)35(28)40-31-15-10-9-14-30(31)39-37(40)27-18-17-24(5)33-34-32(41-36(27)33)16-11-19-38-34;1-14(2)11-16-12-18(15-9-7-6-8-10-15)20-13-17(16)19(3,4)5;/h6-17,19-23H,1-5H3;6-9,12-14H,11H2,1-5H3;/q2*-1;. The minimum absolute atomic E-state index is 0. The Labute approximate surface area is 383 Å². The Morgan fingerprint density at radius 2 is 1.44 bits per heavy atom. The molecule has 0 unspecified atom stereocenters. The van der Waals surface area contributed by atoms with Crippen molar-refractivity contribution in [1.82, 2.24) is 19.5 Å². The van der Waals surface area contributed by atoms with Crippen LogP contribution in [-0.4, -0.2) is 32.8 Å². The molecule has 7 heteroatoms. The van der Waals surface area contributed by atoms with E-state index in [1.165, 1.54) is 33.5 Å². The predicted molar refractivity (Wildman–Crippen MR) is 259 cm³/mol. The average molecular weight is 1050 g/mol. The number of aromatic nitrogens is 4. The van der Waals surface area contributed by atoms with Crippen molar-refractivity contribution in [3.8, 4) is 39.5 Å². The second-order valence-corrected chi connectivity index (χ2v) is 28.9. The summed E-state index contributed by atoms with van der Waals surface area (Å²) in [5.74, 6) is 9.40. The number of hydrogen-bond donors (Lipinski definition) is 0. The number of pyridine rings is 2. The first-order valence-electron chi connectivity index (χ1n) is 21.7. The van der Waals surface area contributed by atoms with Crippen LogP contribution in [0.2, 0.25) is 17.3 Å². The SMILES string of the molecule is CC(C)Cc1cc(-c2[c-]cccc2)nc[c]1[Ge]([CH3])([CH3])[CH3].Cc1c[c-]c(-c2nc3ccccc3n2-c2c(C(C)C)cc(-c3ccccc3)cc2C(C)C)c2oc3cccnc3c12.[Ir]. The molecule has 9 aromatic rings. The molecule has 0 saturated carbocycles. The van der Waals surface area contributed by atoms with E-state index in [4.69, 9.17) is 14.4 Å². The van der Waals surface area contributed by atoms with Crippen LogP contribution in [0.1, 0.15) is 75.6 Å². The molecule has 4 aromatic heterocycles. The van der Waals surface area contributed by atoms with Crippen LogP contribution < -0.4 is 4.40 Å². The van der Waals surface area contributed by atoms with Crippen molar-refractivity contribution >= 4 is 50.8 Å². The van der Waals surface area contributed by atoms with Crippen LogP contribution in [0.4, 0.5) is 0 Å². The minimum Gasteiger partial charge on any atom is -0.499 e. The maximum absolute atomic E-state index is 6.49. The second-order valence-electron chi connectivity index (χ2n) is 18.3. The normalized spacial score (nSPS) is 11.8. The largest absolute Gasteiger partial charge is 0.499 e. The maximum Gasteiger partial charge on any atom is 0.139 e. The van der Waals surface area contributed by atoms with Crippen LogP contribution in [0.5, 0.6) is 0 Å². The summed E-state index contributed by atoms with van der Waals surface area (Å²) in [4.78, 5) is 14.6. The third-order valence-electron chi connectivity index (χ3n) is 11.4. The molecule has 0 aliphatic heterocycles. The Balaban J connectivity index is 0.000000233. The van der Waals surface area contributed by atoms with Crippen LogP contribution in [0.25, 0.3) is 72.6 Å². The van der Waals surface area contributed by atoms with Gasteiger partial charge in [-0.3, -0.25) is 9.97 Å². The van der Waals surface area contributed by atoms with Gasteiger partial charge in [0.2, 0.25) is 0 Å². The Kier molecular flexibility index (Phi) is 13.5. The molecule has 0 fully saturated rings. The van der Waals surface area contributed by atoms with E-state index >= 15 is 0 Å². The smallest absolute Gasteiger partial charge is 0.139 e. The first-order valence-corrected chi connectivity index (χ1v) is 29.0. The first kappa shape index (κ1) is 44.9. The van der Waals surface area contributed by atoms with E-state index in [0.29, 0.717) is 5.92 Å². The molecular formula is C55H56GeIrN4O-2. The Hall–Kier alpha value is -5.14. The molecule has 317 valence electrons. The van der Waals surface area contributed by atoms with Gasteiger partial charge >= 0.3 is 126 Å². The summed E-state index contributed by atoms with van der Waals surface area (Å²) in [6, 6.07) is 46.9. The molecule has 0 amide bonds. The molecule has 9 rings (SSSR count). The zero-order valence-corrected chi connectivity index (χ0v) is 42.1.